The molecule has 11 heavy (non-hydrogen) atoms. The average molecular weight is 236 g/mol. The first kappa shape index (κ1) is 9.19. The largest absolute Gasteiger partial charge is 0.396 e. The molecule has 0 saturated carbocycles. The van der Waals surface area contributed by atoms with E-state index in [0.29, 0.717) is 6.42 Å². The molecule has 1 unspecified atom stereocenters. The Morgan fingerprint density at radius 3 is 2.91 bits per heavy atom. The van der Waals surface area contributed by atoms with E-state index in [1.54, 1.807) is 11.3 Å². The highest BCUT2D eigenvalue weighted by atomic mass is 79.9. The average Bonchev–Trinajstić information content (AvgIpc) is 2.36. The summed E-state index contributed by atoms with van der Waals surface area (Å²) in [6.07, 6.45) is 0.628. The molecule has 1 aromatic heterocycles. The van der Waals surface area contributed by atoms with Crippen LogP contribution in [0.2, 0.25) is 0 Å². The molecule has 0 radical (unpaired) electrons. The van der Waals surface area contributed by atoms with Gasteiger partial charge in [-0.25, -0.2) is 0 Å². The summed E-state index contributed by atoms with van der Waals surface area (Å²) in [6.45, 7) is 0.147. The van der Waals surface area contributed by atoms with Gasteiger partial charge < -0.3 is 10.8 Å². The molecule has 0 aromatic carbocycles. The van der Waals surface area contributed by atoms with Crippen molar-refractivity contribution < 1.29 is 5.11 Å². The lowest BCUT2D eigenvalue weighted by molar-refractivity contribution is 0.276. The minimum atomic E-state index is -0.0254. The van der Waals surface area contributed by atoms with Crippen molar-refractivity contribution in [1.82, 2.24) is 0 Å². The van der Waals surface area contributed by atoms with Gasteiger partial charge in [0.05, 0.1) is 3.79 Å². The number of nitrogens with two attached hydrogens (primary N) is 1. The maximum Gasteiger partial charge on any atom is 0.0701 e. The second-order valence-corrected chi connectivity index (χ2v) is 4.59. The highest BCUT2D eigenvalue weighted by Crippen LogP contribution is 2.25. The molecule has 4 heteroatoms. The van der Waals surface area contributed by atoms with Crippen LogP contribution in [0.3, 0.4) is 0 Å². The fourth-order valence-electron chi connectivity index (χ4n) is 0.824. The maximum atomic E-state index is 8.62. The van der Waals surface area contributed by atoms with E-state index in [-0.39, 0.29) is 12.6 Å². The highest BCUT2D eigenvalue weighted by molar-refractivity contribution is 9.11. The normalized spacial score (nSPS) is 13.4. The van der Waals surface area contributed by atoms with Gasteiger partial charge in [-0.3, -0.25) is 0 Å². The third-order valence-electron chi connectivity index (χ3n) is 1.46. The summed E-state index contributed by atoms with van der Waals surface area (Å²) in [6, 6.07) is 1.97. The maximum absolute atomic E-state index is 8.62. The Bertz CT molecular complexity index is 226. The van der Waals surface area contributed by atoms with Gasteiger partial charge in [-0.15, -0.1) is 11.3 Å². The zero-order chi connectivity index (χ0) is 8.27. The number of rotatable bonds is 3. The zero-order valence-corrected chi connectivity index (χ0v) is 8.36. The molecule has 2 nitrogen and oxygen atoms in total. The van der Waals surface area contributed by atoms with Gasteiger partial charge >= 0.3 is 0 Å². The molecule has 0 fully saturated rings. The minimum Gasteiger partial charge on any atom is -0.396 e. The van der Waals surface area contributed by atoms with E-state index in [2.05, 4.69) is 15.9 Å². The van der Waals surface area contributed by atoms with Crippen LogP contribution in [0, 0.1) is 0 Å². The van der Waals surface area contributed by atoms with Gasteiger partial charge in [0.2, 0.25) is 0 Å². The first-order chi connectivity index (χ1) is 5.24. The third kappa shape index (κ3) is 2.56. The van der Waals surface area contributed by atoms with Gasteiger partial charge in [0.1, 0.15) is 0 Å². The zero-order valence-electron chi connectivity index (χ0n) is 5.96. The molecule has 1 aromatic rings. The minimum absolute atomic E-state index is 0.0254. The van der Waals surface area contributed by atoms with E-state index >= 15 is 0 Å². The summed E-state index contributed by atoms with van der Waals surface area (Å²) in [5, 5.41) is 10.6. The molecule has 0 spiro atoms. The summed E-state index contributed by atoms with van der Waals surface area (Å²) in [7, 11) is 0. The number of halogens is 1. The van der Waals surface area contributed by atoms with Crippen LogP contribution < -0.4 is 5.73 Å². The Morgan fingerprint density at radius 2 is 2.45 bits per heavy atom. The first-order valence-corrected chi connectivity index (χ1v) is 5.01. The molecule has 3 N–H and O–H groups in total. The standard InChI is InChI=1S/C7H10BrNOS/c8-7-3-5(4-11-7)6(9)1-2-10/h3-4,6,10H,1-2,9H2. The van der Waals surface area contributed by atoms with Crippen LogP contribution in [-0.2, 0) is 0 Å². The van der Waals surface area contributed by atoms with E-state index in [4.69, 9.17) is 10.8 Å². The van der Waals surface area contributed by atoms with Gasteiger partial charge in [0.15, 0.2) is 0 Å². The van der Waals surface area contributed by atoms with Crippen molar-refractivity contribution in [2.45, 2.75) is 12.5 Å². The van der Waals surface area contributed by atoms with Crippen LogP contribution in [0.4, 0.5) is 0 Å². The van der Waals surface area contributed by atoms with Gasteiger partial charge in [-0.1, -0.05) is 0 Å². The van der Waals surface area contributed by atoms with E-state index in [1.807, 2.05) is 11.4 Å². The SMILES string of the molecule is NC(CCO)c1csc(Br)c1. The first-order valence-electron chi connectivity index (χ1n) is 3.34. The predicted molar refractivity (Wildman–Crippen MR) is 50.7 cm³/mol. The van der Waals surface area contributed by atoms with Crippen molar-refractivity contribution in [3.05, 3.63) is 20.8 Å². The molecule has 1 rings (SSSR count). The number of aliphatic hydroxyl groups is 1. The number of hydrogen-bond acceptors (Lipinski definition) is 3. The monoisotopic (exact) mass is 235 g/mol. The summed E-state index contributed by atoms with van der Waals surface area (Å²) in [5.41, 5.74) is 6.84. The molecule has 0 bridgehead atoms. The van der Waals surface area contributed by atoms with Crippen molar-refractivity contribution in [3.63, 3.8) is 0 Å². The van der Waals surface area contributed by atoms with Gasteiger partial charge in [0.25, 0.3) is 0 Å². The van der Waals surface area contributed by atoms with Crippen molar-refractivity contribution in [2.24, 2.45) is 5.73 Å². The second kappa shape index (κ2) is 4.21. The van der Waals surface area contributed by atoms with Crippen LogP contribution in [0.1, 0.15) is 18.0 Å². The van der Waals surface area contributed by atoms with Crippen LogP contribution in [-0.4, -0.2) is 11.7 Å². The molecule has 0 aliphatic rings. The lowest BCUT2D eigenvalue weighted by atomic mass is 10.1. The quantitative estimate of drug-likeness (QED) is 0.841. The van der Waals surface area contributed by atoms with E-state index in [0.717, 1.165) is 9.35 Å². The molecule has 1 heterocycles. The lowest BCUT2D eigenvalue weighted by Crippen LogP contribution is -2.10. The van der Waals surface area contributed by atoms with E-state index in [1.165, 1.54) is 0 Å². The molecule has 0 aliphatic carbocycles. The van der Waals surface area contributed by atoms with Crippen molar-refractivity contribution in [1.29, 1.82) is 0 Å². The van der Waals surface area contributed by atoms with Crippen LogP contribution >= 0.6 is 27.3 Å². The molecular weight excluding hydrogens is 226 g/mol. The third-order valence-corrected chi connectivity index (χ3v) is 2.98. The Hall–Kier alpha value is 0.100. The van der Waals surface area contributed by atoms with Crippen molar-refractivity contribution in [3.8, 4) is 0 Å². The molecule has 62 valence electrons. The Balaban J connectivity index is 2.60. The topological polar surface area (TPSA) is 46.2 Å². The molecule has 1 atom stereocenters. The Kier molecular flexibility index (Phi) is 3.51. The van der Waals surface area contributed by atoms with Gasteiger partial charge in [0, 0.05) is 12.6 Å². The Morgan fingerprint density at radius 1 is 1.73 bits per heavy atom. The summed E-state index contributed by atoms with van der Waals surface area (Å²) in [4.78, 5) is 0. The Labute approximate surface area is 78.2 Å². The van der Waals surface area contributed by atoms with Gasteiger partial charge in [-0.05, 0) is 39.4 Å². The predicted octanol–water partition coefficient (Wildman–Crippen LogP) is 1.89. The summed E-state index contributed by atoms with van der Waals surface area (Å²) < 4.78 is 1.08. The van der Waals surface area contributed by atoms with Gasteiger partial charge in [-0.2, -0.15) is 0 Å². The van der Waals surface area contributed by atoms with Crippen molar-refractivity contribution in [2.75, 3.05) is 6.61 Å². The van der Waals surface area contributed by atoms with Crippen LogP contribution in [0.25, 0.3) is 0 Å². The molecule has 0 amide bonds. The fraction of sp³-hybridized carbons (Fsp3) is 0.429. The van der Waals surface area contributed by atoms with E-state index in [9.17, 15) is 0 Å². The molecular formula is C7H10BrNOS. The van der Waals surface area contributed by atoms with Crippen LogP contribution in [0.15, 0.2) is 15.2 Å². The van der Waals surface area contributed by atoms with E-state index < -0.39 is 0 Å². The molecule has 0 aliphatic heterocycles. The number of thiophene rings is 1. The smallest absolute Gasteiger partial charge is 0.0701 e. The summed E-state index contributed by atoms with van der Waals surface area (Å²) >= 11 is 4.97. The fourth-order valence-corrected chi connectivity index (χ4v) is 2.06. The lowest BCUT2D eigenvalue weighted by Gasteiger charge is -2.05. The van der Waals surface area contributed by atoms with Crippen molar-refractivity contribution >= 4 is 27.3 Å². The number of aliphatic hydroxyl groups excluding tert-OH is 1. The van der Waals surface area contributed by atoms with Crippen LogP contribution in [0.5, 0.6) is 0 Å². The molecule has 0 saturated heterocycles. The highest BCUT2D eigenvalue weighted by Gasteiger charge is 2.06. The summed E-state index contributed by atoms with van der Waals surface area (Å²) in [5.74, 6) is 0. The second-order valence-electron chi connectivity index (χ2n) is 2.30. The number of hydrogen-bond donors (Lipinski definition) is 2.